The summed E-state index contributed by atoms with van der Waals surface area (Å²) in [6.45, 7) is 2.80. The molecule has 0 atom stereocenters. The molecule has 29 heavy (non-hydrogen) atoms. The average Bonchev–Trinajstić information content (AvgIpc) is 3.37. The molecule has 0 bridgehead atoms. The van der Waals surface area contributed by atoms with Gasteiger partial charge in [-0.1, -0.05) is 17.8 Å². The van der Waals surface area contributed by atoms with Crippen molar-refractivity contribution in [1.82, 2.24) is 29.7 Å². The maximum absolute atomic E-state index is 13.1. The van der Waals surface area contributed by atoms with Crippen molar-refractivity contribution >= 4 is 40.7 Å². The molecule has 0 saturated heterocycles. The van der Waals surface area contributed by atoms with Gasteiger partial charge in [-0.25, -0.2) is 4.39 Å². The van der Waals surface area contributed by atoms with Crippen molar-refractivity contribution in [2.24, 2.45) is 0 Å². The van der Waals surface area contributed by atoms with E-state index in [4.69, 9.17) is 5.73 Å². The molecule has 3 aromatic heterocycles. The van der Waals surface area contributed by atoms with Crippen molar-refractivity contribution in [2.75, 3.05) is 11.1 Å². The zero-order chi connectivity index (χ0) is 20.2. The number of thiophene rings is 1. The summed E-state index contributed by atoms with van der Waals surface area (Å²) in [5.74, 6) is 1.90. The number of rotatable bonds is 7. The third kappa shape index (κ3) is 4.51. The Hall–Kier alpha value is -3.05. The van der Waals surface area contributed by atoms with E-state index >= 15 is 0 Å². The fourth-order valence-electron chi connectivity index (χ4n) is 2.62. The molecule has 3 N–H and O–H groups in total. The van der Waals surface area contributed by atoms with Gasteiger partial charge in [0.15, 0.2) is 11.0 Å². The molecule has 11 heteroatoms. The van der Waals surface area contributed by atoms with Crippen molar-refractivity contribution in [3.63, 3.8) is 0 Å². The van der Waals surface area contributed by atoms with E-state index in [1.54, 1.807) is 23.5 Å². The SMILES string of the molecule is CCn1c(SCc2nc(N)nc(Nc3ccc(F)cc3)n2)nnc1-c1cccs1. The van der Waals surface area contributed by atoms with Crippen LogP contribution in [0.2, 0.25) is 0 Å². The first kappa shape index (κ1) is 19.3. The number of halogens is 1. The number of nitrogens with zero attached hydrogens (tertiary/aromatic N) is 6. The second-order valence-corrected chi connectivity index (χ2v) is 7.77. The number of nitrogens with one attached hydrogen (secondary N) is 1. The summed E-state index contributed by atoms with van der Waals surface area (Å²) in [7, 11) is 0. The molecule has 0 aliphatic rings. The molecule has 4 rings (SSSR count). The molecule has 0 unspecified atom stereocenters. The van der Waals surface area contributed by atoms with Crippen LogP contribution in [-0.2, 0) is 12.3 Å². The second-order valence-electron chi connectivity index (χ2n) is 5.88. The molecule has 1 aromatic carbocycles. The highest BCUT2D eigenvalue weighted by atomic mass is 32.2. The quantitative estimate of drug-likeness (QED) is 0.426. The standard InChI is InChI=1S/C18H17FN8S2/c1-2-27-15(13-4-3-9-28-13)25-26-18(27)29-10-14-22-16(20)24-17(23-14)21-12-7-5-11(19)6-8-12/h3-9H,2,10H2,1H3,(H3,20,21,22,23,24). The fraction of sp³-hybridized carbons (Fsp3) is 0.167. The Bertz CT molecular complexity index is 1100. The molecule has 0 amide bonds. The second kappa shape index (κ2) is 8.53. The van der Waals surface area contributed by atoms with Crippen LogP contribution in [0.4, 0.5) is 22.0 Å². The summed E-state index contributed by atoms with van der Waals surface area (Å²) in [6.07, 6.45) is 0. The van der Waals surface area contributed by atoms with E-state index in [2.05, 4.69) is 42.0 Å². The topological polar surface area (TPSA) is 107 Å². The van der Waals surface area contributed by atoms with E-state index in [0.717, 1.165) is 22.4 Å². The van der Waals surface area contributed by atoms with Gasteiger partial charge in [0.2, 0.25) is 11.9 Å². The van der Waals surface area contributed by atoms with Gasteiger partial charge in [0.25, 0.3) is 0 Å². The molecule has 148 valence electrons. The Morgan fingerprint density at radius 1 is 1.14 bits per heavy atom. The normalized spacial score (nSPS) is 11.0. The monoisotopic (exact) mass is 428 g/mol. The molecule has 8 nitrogen and oxygen atoms in total. The Morgan fingerprint density at radius 2 is 1.97 bits per heavy atom. The van der Waals surface area contributed by atoms with Crippen molar-refractivity contribution in [3.05, 3.63) is 53.4 Å². The van der Waals surface area contributed by atoms with Crippen molar-refractivity contribution < 1.29 is 4.39 Å². The minimum Gasteiger partial charge on any atom is -0.368 e. The lowest BCUT2D eigenvalue weighted by atomic mass is 10.3. The van der Waals surface area contributed by atoms with Crippen LogP contribution in [0.5, 0.6) is 0 Å². The van der Waals surface area contributed by atoms with E-state index < -0.39 is 0 Å². The van der Waals surface area contributed by atoms with Gasteiger partial charge >= 0.3 is 0 Å². The molecule has 4 aromatic rings. The summed E-state index contributed by atoms with van der Waals surface area (Å²) in [6, 6.07) is 9.91. The van der Waals surface area contributed by atoms with Gasteiger partial charge in [-0.15, -0.1) is 21.5 Å². The summed E-state index contributed by atoms with van der Waals surface area (Å²) in [5, 5.41) is 14.4. The Labute approximate surface area is 174 Å². The van der Waals surface area contributed by atoms with Crippen LogP contribution in [-0.4, -0.2) is 29.7 Å². The Morgan fingerprint density at radius 3 is 2.69 bits per heavy atom. The summed E-state index contributed by atoms with van der Waals surface area (Å²) in [4.78, 5) is 13.7. The van der Waals surface area contributed by atoms with Crippen LogP contribution in [0, 0.1) is 5.82 Å². The summed E-state index contributed by atoms with van der Waals surface area (Å²) >= 11 is 3.10. The largest absolute Gasteiger partial charge is 0.368 e. The third-order valence-electron chi connectivity index (χ3n) is 3.90. The lowest BCUT2D eigenvalue weighted by Gasteiger charge is -2.08. The highest BCUT2D eigenvalue weighted by molar-refractivity contribution is 7.98. The van der Waals surface area contributed by atoms with Crippen molar-refractivity contribution in [2.45, 2.75) is 24.4 Å². The lowest BCUT2D eigenvalue weighted by molar-refractivity contribution is 0.628. The number of hydrogen-bond donors (Lipinski definition) is 2. The third-order valence-corrected chi connectivity index (χ3v) is 5.73. The van der Waals surface area contributed by atoms with Gasteiger partial charge in [-0.05, 0) is 42.6 Å². The van der Waals surface area contributed by atoms with Crippen LogP contribution < -0.4 is 11.1 Å². The van der Waals surface area contributed by atoms with Crippen LogP contribution >= 0.6 is 23.1 Å². The molecular weight excluding hydrogens is 411 g/mol. The van der Waals surface area contributed by atoms with Gasteiger partial charge in [0.1, 0.15) is 11.6 Å². The molecule has 0 aliphatic carbocycles. The number of anilines is 3. The molecule has 0 fully saturated rings. The number of thioether (sulfide) groups is 1. The van der Waals surface area contributed by atoms with Gasteiger partial charge < -0.3 is 15.6 Å². The highest BCUT2D eigenvalue weighted by Crippen LogP contribution is 2.28. The molecule has 0 spiro atoms. The minimum absolute atomic E-state index is 0.108. The molecule has 0 radical (unpaired) electrons. The van der Waals surface area contributed by atoms with Crippen LogP contribution in [0.3, 0.4) is 0 Å². The Balaban J connectivity index is 1.50. The fourth-order valence-corrected chi connectivity index (χ4v) is 4.19. The number of benzene rings is 1. The van der Waals surface area contributed by atoms with E-state index in [9.17, 15) is 4.39 Å². The first-order chi connectivity index (χ1) is 14.1. The van der Waals surface area contributed by atoms with Gasteiger partial charge in [-0.2, -0.15) is 15.0 Å². The summed E-state index contributed by atoms with van der Waals surface area (Å²) in [5.41, 5.74) is 6.48. The molecule has 3 heterocycles. The zero-order valence-corrected chi connectivity index (χ0v) is 17.0. The molecular formula is C18H17FN8S2. The number of nitrogens with two attached hydrogens (primary N) is 1. The van der Waals surface area contributed by atoms with Crippen LogP contribution in [0.25, 0.3) is 10.7 Å². The van der Waals surface area contributed by atoms with Crippen LogP contribution in [0.1, 0.15) is 12.7 Å². The van der Waals surface area contributed by atoms with Crippen molar-refractivity contribution in [3.8, 4) is 10.7 Å². The van der Waals surface area contributed by atoms with Gasteiger partial charge in [0.05, 0.1) is 10.6 Å². The smallest absolute Gasteiger partial charge is 0.232 e. The van der Waals surface area contributed by atoms with E-state index in [0.29, 0.717) is 23.2 Å². The predicted molar refractivity (Wildman–Crippen MR) is 112 cm³/mol. The first-order valence-electron chi connectivity index (χ1n) is 8.75. The predicted octanol–water partition coefficient (Wildman–Crippen LogP) is 3.97. The average molecular weight is 429 g/mol. The summed E-state index contributed by atoms with van der Waals surface area (Å²) < 4.78 is 15.1. The maximum atomic E-state index is 13.1. The van der Waals surface area contributed by atoms with Gasteiger partial charge in [-0.3, -0.25) is 0 Å². The lowest BCUT2D eigenvalue weighted by Crippen LogP contribution is -2.07. The van der Waals surface area contributed by atoms with E-state index in [1.165, 1.54) is 23.9 Å². The number of nitrogen functional groups attached to an aromatic ring is 1. The Kier molecular flexibility index (Phi) is 5.67. The zero-order valence-electron chi connectivity index (χ0n) is 15.4. The molecule has 0 aliphatic heterocycles. The van der Waals surface area contributed by atoms with Crippen LogP contribution in [0.15, 0.2) is 46.9 Å². The van der Waals surface area contributed by atoms with E-state index in [1.807, 2.05) is 17.5 Å². The molecule has 0 saturated carbocycles. The first-order valence-corrected chi connectivity index (χ1v) is 10.6. The van der Waals surface area contributed by atoms with Gasteiger partial charge in [0, 0.05) is 12.2 Å². The highest BCUT2D eigenvalue weighted by Gasteiger charge is 2.15. The number of aromatic nitrogens is 6. The number of hydrogen-bond acceptors (Lipinski definition) is 9. The van der Waals surface area contributed by atoms with Crippen molar-refractivity contribution in [1.29, 1.82) is 0 Å². The van der Waals surface area contributed by atoms with E-state index in [-0.39, 0.29) is 11.8 Å². The maximum Gasteiger partial charge on any atom is 0.232 e. The minimum atomic E-state index is -0.315.